The highest BCUT2D eigenvalue weighted by Crippen LogP contribution is 2.31. The largest absolute Gasteiger partial charge is 0.490 e. The lowest BCUT2D eigenvalue weighted by Crippen LogP contribution is -2.47. The Kier molecular flexibility index (Phi) is 8.23. The molecule has 0 amide bonds. The number of piperidine rings is 1. The van der Waals surface area contributed by atoms with Crippen molar-refractivity contribution in [3.63, 3.8) is 0 Å². The smallest absolute Gasteiger partial charge is 0.475 e. The molecule has 2 aliphatic rings. The summed E-state index contributed by atoms with van der Waals surface area (Å²) >= 11 is 0. The van der Waals surface area contributed by atoms with E-state index in [9.17, 15) is 26.3 Å². The van der Waals surface area contributed by atoms with Gasteiger partial charge in [0.25, 0.3) is 0 Å². The van der Waals surface area contributed by atoms with Gasteiger partial charge >= 0.3 is 18.3 Å². The number of ether oxygens (including phenoxy) is 1. The lowest BCUT2D eigenvalue weighted by molar-refractivity contribution is -0.192. The molecule has 0 bridgehead atoms. The van der Waals surface area contributed by atoms with Gasteiger partial charge in [0.05, 0.1) is 12.7 Å². The second kappa shape index (κ2) is 10.3. The average molecular weight is 456 g/mol. The Morgan fingerprint density at radius 1 is 1.23 bits per heavy atom. The summed E-state index contributed by atoms with van der Waals surface area (Å²) in [6.07, 6.45) is -5.80. The van der Waals surface area contributed by atoms with Gasteiger partial charge < -0.3 is 14.7 Å². The molecule has 2 atom stereocenters. The van der Waals surface area contributed by atoms with Crippen LogP contribution in [0, 0.1) is 5.92 Å². The number of rotatable bonds is 3. The van der Waals surface area contributed by atoms with Gasteiger partial charge in [0.2, 0.25) is 0 Å². The van der Waals surface area contributed by atoms with Gasteiger partial charge in [-0.25, -0.2) is 14.8 Å². The minimum Gasteiger partial charge on any atom is -0.475 e. The van der Waals surface area contributed by atoms with Crippen molar-refractivity contribution in [2.24, 2.45) is 5.92 Å². The fraction of sp³-hybridized carbons (Fsp3) is 0.611. The third-order valence-corrected chi connectivity index (χ3v) is 4.82. The lowest BCUT2D eigenvalue weighted by atomic mass is 9.93. The van der Waals surface area contributed by atoms with E-state index in [4.69, 9.17) is 14.6 Å². The number of aliphatic carboxylic acids is 1. The van der Waals surface area contributed by atoms with Crippen LogP contribution in [0.2, 0.25) is 0 Å². The van der Waals surface area contributed by atoms with E-state index < -0.39 is 24.0 Å². The van der Waals surface area contributed by atoms with Crippen molar-refractivity contribution in [2.45, 2.75) is 24.9 Å². The van der Waals surface area contributed by atoms with Crippen LogP contribution in [0.3, 0.4) is 0 Å². The molecule has 3 heterocycles. The molecule has 0 radical (unpaired) electrons. The van der Waals surface area contributed by atoms with Gasteiger partial charge in [0, 0.05) is 44.7 Å². The molecule has 2 saturated heterocycles. The summed E-state index contributed by atoms with van der Waals surface area (Å²) in [6.45, 7) is 8.24. The number of alkyl halides is 6. The minimum atomic E-state index is -5.08. The molecule has 7 nitrogen and oxygen atoms in total. The molecule has 1 N–H and O–H groups in total. The highest BCUT2D eigenvalue weighted by molar-refractivity contribution is 5.73. The van der Waals surface area contributed by atoms with Crippen LogP contribution >= 0.6 is 0 Å². The molecule has 13 heteroatoms. The maximum atomic E-state index is 12.8. The summed E-state index contributed by atoms with van der Waals surface area (Å²) in [6, 6.07) is 1.01. The molecule has 0 spiro atoms. The van der Waals surface area contributed by atoms with Gasteiger partial charge in [0.15, 0.2) is 0 Å². The van der Waals surface area contributed by atoms with Gasteiger partial charge in [-0.2, -0.15) is 26.3 Å². The predicted molar refractivity (Wildman–Crippen MR) is 97.4 cm³/mol. The van der Waals surface area contributed by atoms with Crippen molar-refractivity contribution in [3.05, 3.63) is 30.7 Å². The van der Waals surface area contributed by atoms with Crippen LogP contribution in [0.25, 0.3) is 0 Å². The summed E-state index contributed by atoms with van der Waals surface area (Å²) < 4.78 is 76.2. The van der Waals surface area contributed by atoms with Crippen LogP contribution in [0.4, 0.5) is 32.2 Å². The van der Waals surface area contributed by atoms with Gasteiger partial charge in [-0.15, -0.1) is 6.58 Å². The Hall–Kier alpha value is -2.41. The number of carbonyl (C=O) groups is 1. The highest BCUT2D eigenvalue weighted by atomic mass is 19.4. The first-order chi connectivity index (χ1) is 14.4. The quantitative estimate of drug-likeness (QED) is 0.554. The molecule has 31 heavy (non-hydrogen) atoms. The number of halogens is 6. The van der Waals surface area contributed by atoms with Crippen molar-refractivity contribution >= 4 is 11.8 Å². The van der Waals surface area contributed by atoms with Crippen molar-refractivity contribution in [3.8, 4) is 0 Å². The molecule has 0 aliphatic carbocycles. The Bertz CT molecular complexity index is 759. The van der Waals surface area contributed by atoms with Crippen LogP contribution in [-0.2, 0) is 15.7 Å². The van der Waals surface area contributed by atoms with E-state index in [0.717, 1.165) is 38.4 Å². The summed E-state index contributed by atoms with van der Waals surface area (Å²) in [5, 5.41) is 7.12. The Labute approximate surface area is 174 Å². The topological polar surface area (TPSA) is 78.8 Å². The number of carboxylic acid groups (broad SMARTS) is 1. The second-order valence-electron chi connectivity index (χ2n) is 7.01. The molecule has 0 aromatic carbocycles. The van der Waals surface area contributed by atoms with Gasteiger partial charge in [-0.05, 0) is 6.42 Å². The Morgan fingerprint density at radius 3 is 2.48 bits per heavy atom. The lowest BCUT2D eigenvalue weighted by Gasteiger charge is -2.38. The third-order valence-electron chi connectivity index (χ3n) is 4.82. The van der Waals surface area contributed by atoms with Crippen LogP contribution in [0.5, 0.6) is 0 Å². The van der Waals surface area contributed by atoms with Crippen LogP contribution in [0.15, 0.2) is 25.0 Å². The number of anilines is 1. The third kappa shape index (κ3) is 7.35. The van der Waals surface area contributed by atoms with Crippen molar-refractivity contribution in [1.29, 1.82) is 0 Å². The number of carboxylic acids is 1. The standard InChI is InChI=1S/C16H21F3N4O.C2HF3O2/c1-2-4-22-6-7-24-13-10-23(5-3-12(13)9-22)15-8-14(16(17,18)19)20-11-21-15;3-2(4,5)1(6)7/h2,8,11-13H,1,3-7,9-10H2;(H,6,7)/t12-,13-;/m1./s1. The Morgan fingerprint density at radius 2 is 1.90 bits per heavy atom. The van der Waals surface area contributed by atoms with E-state index in [1.165, 1.54) is 0 Å². The highest BCUT2D eigenvalue weighted by Gasteiger charge is 2.38. The van der Waals surface area contributed by atoms with E-state index >= 15 is 0 Å². The maximum absolute atomic E-state index is 12.8. The monoisotopic (exact) mass is 456 g/mol. The van der Waals surface area contributed by atoms with Crippen LogP contribution < -0.4 is 4.90 Å². The fourth-order valence-electron chi connectivity index (χ4n) is 3.35. The number of hydrogen-bond donors (Lipinski definition) is 1. The van der Waals surface area contributed by atoms with E-state index in [1.807, 2.05) is 11.0 Å². The molecule has 2 fully saturated rings. The van der Waals surface area contributed by atoms with Crippen LogP contribution in [0.1, 0.15) is 12.1 Å². The number of hydrogen-bond acceptors (Lipinski definition) is 6. The summed E-state index contributed by atoms with van der Waals surface area (Å²) in [7, 11) is 0. The predicted octanol–water partition coefficient (Wildman–Crippen LogP) is 2.84. The van der Waals surface area contributed by atoms with Crippen molar-refractivity contribution in [1.82, 2.24) is 14.9 Å². The zero-order valence-electron chi connectivity index (χ0n) is 16.4. The SMILES string of the molecule is C=CCN1CCO[C@@H]2CN(c3cc(C(F)(F)F)ncn3)CC[C@@H]2C1.O=C(O)C(F)(F)F. The van der Waals surface area contributed by atoms with Crippen molar-refractivity contribution < 1.29 is 41.0 Å². The van der Waals surface area contributed by atoms with Gasteiger partial charge in [-0.1, -0.05) is 6.08 Å². The van der Waals surface area contributed by atoms with Crippen LogP contribution in [-0.4, -0.2) is 77.6 Å². The molecule has 0 saturated carbocycles. The molecule has 1 aromatic rings. The number of aromatic nitrogens is 2. The van der Waals surface area contributed by atoms with Gasteiger partial charge in [0.1, 0.15) is 17.8 Å². The van der Waals surface area contributed by atoms with E-state index in [0.29, 0.717) is 31.4 Å². The molecule has 1 aromatic heterocycles. The maximum Gasteiger partial charge on any atom is 0.490 e. The van der Waals surface area contributed by atoms with E-state index in [2.05, 4.69) is 21.4 Å². The number of nitrogens with zero attached hydrogens (tertiary/aromatic N) is 4. The molecular weight excluding hydrogens is 434 g/mol. The molecule has 174 valence electrons. The van der Waals surface area contributed by atoms with E-state index in [-0.39, 0.29) is 6.10 Å². The van der Waals surface area contributed by atoms with Crippen molar-refractivity contribution in [2.75, 3.05) is 44.2 Å². The normalized spacial score (nSPS) is 22.6. The summed E-state index contributed by atoms with van der Waals surface area (Å²) in [5.74, 6) is -2.06. The molecule has 3 rings (SSSR count). The minimum absolute atomic E-state index is 0.0119. The average Bonchev–Trinajstić information content (AvgIpc) is 2.88. The molecule has 0 unspecified atom stereocenters. The molecule has 2 aliphatic heterocycles. The summed E-state index contributed by atoms with van der Waals surface area (Å²) in [5.41, 5.74) is -0.909. The fourth-order valence-corrected chi connectivity index (χ4v) is 3.35. The Balaban J connectivity index is 0.000000423. The zero-order chi connectivity index (χ0) is 23.2. The first kappa shape index (κ1) is 24.9. The van der Waals surface area contributed by atoms with E-state index in [1.54, 1.807) is 0 Å². The first-order valence-corrected chi connectivity index (χ1v) is 9.31. The zero-order valence-corrected chi connectivity index (χ0v) is 16.4. The second-order valence-corrected chi connectivity index (χ2v) is 7.01. The first-order valence-electron chi connectivity index (χ1n) is 9.31. The summed E-state index contributed by atoms with van der Waals surface area (Å²) in [4.78, 5) is 20.4. The van der Waals surface area contributed by atoms with Gasteiger partial charge in [-0.3, -0.25) is 4.90 Å². The molecular formula is C18H22F6N4O3. The number of fused-ring (bicyclic) bond motifs is 1.